The maximum atomic E-state index is 13.4. The van der Waals surface area contributed by atoms with Crippen LogP contribution in [0.15, 0.2) is 79.7 Å². The van der Waals surface area contributed by atoms with Gasteiger partial charge in [0.1, 0.15) is 11.6 Å². The van der Waals surface area contributed by atoms with Crippen LogP contribution in [0.3, 0.4) is 0 Å². The number of nitrogens with one attached hydrogen (secondary N) is 4. The highest BCUT2D eigenvalue weighted by Gasteiger charge is 2.31. The number of rotatable bonds is 5. The van der Waals surface area contributed by atoms with Crippen LogP contribution in [0, 0.1) is 5.41 Å². The maximum absolute atomic E-state index is 13.4. The zero-order valence-electron chi connectivity index (χ0n) is 20.4. The number of hydrogen-bond acceptors (Lipinski definition) is 8. The van der Waals surface area contributed by atoms with Crippen LogP contribution in [0.4, 0.5) is 6.01 Å². The van der Waals surface area contributed by atoms with Crippen molar-refractivity contribution < 1.29 is 9.21 Å². The van der Waals surface area contributed by atoms with Gasteiger partial charge in [0.15, 0.2) is 10.8 Å². The first-order valence-corrected chi connectivity index (χ1v) is 12.6. The summed E-state index contributed by atoms with van der Waals surface area (Å²) in [6.07, 6.45) is 0.882. The van der Waals surface area contributed by atoms with E-state index in [1.54, 1.807) is 13.0 Å². The molecule has 8 nitrogen and oxygen atoms in total. The number of carbonyl (C=O) groups is 1. The molecule has 36 heavy (non-hydrogen) atoms. The van der Waals surface area contributed by atoms with Crippen LogP contribution in [0.5, 0.6) is 0 Å². The lowest BCUT2D eigenvalue weighted by atomic mass is 9.95. The van der Waals surface area contributed by atoms with Gasteiger partial charge in [-0.1, -0.05) is 66.2 Å². The fourth-order valence-corrected chi connectivity index (χ4v) is 4.68. The molecular weight excluding hydrogens is 496 g/mol. The van der Waals surface area contributed by atoms with Crippen LogP contribution >= 0.6 is 23.4 Å². The number of nitrogens with zero attached hydrogens (tertiary/aromatic N) is 2. The van der Waals surface area contributed by atoms with Crippen molar-refractivity contribution in [3.8, 4) is 0 Å². The number of aliphatic imine (C=N–C) groups is 1. The van der Waals surface area contributed by atoms with E-state index in [1.165, 1.54) is 17.3 Å². The number of guanidine groups is 1. The van der Waals surface area contributed by atoms with E-state index in [1.807, 2.05) is 56.3 Å². The molecule has 1 atom stereocenters. The highest BCUT2D eigenvalue weighted by Crippen LogP contribution is 2.35. The average molecular weight is 523 g/mol. The van der Waals surface area contributed by atoms with E-state index in [0.717, 1.165) is 11.3 Å². The molecule has 4 rings (SSSR count). The van der Waals surface area contributed by atoms with Gasteiger partial charge in [0.2, 0.25) is 5.96 Å². The third-order valence-electron chi connectivity index (χ3n) is 5.82. The number of aromatic nitrogens is 1. The molecule has 0 bridgehead atoms. The van der Waals surface area contributed by atoms with Crippen molar-refractivity contribution in [3.05, 3.63) is 80.9 Å². The fourth-order valence-electron chi connectivity index (χ4n) is 3.67. The number of amides is 1. The van der Waals surface area contributed by atoms with Gasteiger partial charge in [-0.2, -0.15) is 4.98 Å². The highest BCUT2D eigenvalue weighted by molar-refractivity contribution is 8.17. The van der Waals surface area contributed by atoms with Gasteiger partial charge in [0.25, 0.3) is 5.91 Å². The quantitative estimate of drug-likeness (QED) is 0.229. The van der Waals surface area contributed by atoms with Gasteiger partial charge in [0.05, 0.1) is 5.57 Å². The minimum absolute atomic E-state index is 0.0443. The number of oxazole rings is 1. The van der Waals surface area contributed by atoms with E-state index in [4.69, 9.17) is 26.4 Å². The number of benzene rings is 2. The molecule has 1 aliphatic heterocycles. The number of thioether (sulfide) groups is 1. The van der Waals surface area contributed by atoms with Crippen LogP contribution in [0.25, 0.3) is 11.1 Å². The number of carbonyl (C=O) groups excluding carboxylic acids is 1. The summed E-state index contributed by atoms with van der Waals surface area (Å²) in [6.45, 7) is 7.80. The molecule has 0 aliphatic carbocycles. The van der Waals surface area contributed by atoms with E-state index < -0.39 is 11.9 Å². The second-order valence-electron chi connectivity index (χ2n) is 8.25. The number of allylic oxidation sites excluding steroid dienone is 3. The smallest absolute Gasteiger partial charge is 0.302 e. The van der Waals surface area contributed by atoms with Crippen molar-refractivity contribution >= 4 is 57.5 Å². The van der Waals surface area contributed by atoms with Crippen LogP contribution in [0.1, 0.15) is 45.7 Å². The second-order valence-corrected chi connectivity index (χ2v) is 9.88. The molecule has 2 heterocycles. The molecule has 0 saturated heterocycles. The van der Waals surface area contributed by atoms with Gasteiger partial charge >= 0.3 is 6.01 Å². The lowest BCUT2D eigenvalue weighted by Crippen LogP contribution is -2.40. The summed E-state index contributed by atoms with van der Waals surface area (Å²) in [5.41, 5.74) is 4.13. The molecule has 0 saturated carbocycles. The van der Waals surface area contributed by atoms with Gasteiger partial charge < -0.3 is 15.1 Å². The molecule has 0 spiro atoms. The summed E-state index contributed by atoms with van der Waals surface area (Å²) in [5.74, 6) is -0.0589. The molecule has 3 aromatic rings. The first-order valence-electron chi connectivity index (χ1n) is 11.4. The molecule has 0 radical (unpaired) electrons. The minimum Gasteiger partial charge on any atom is -0.423 e. The molecule has 1 unspecified atom stereocenters. The van der Waals surface area contributed by atoms with Crippen molar-refractivity contribution in [2.75, 3.05) is 5.32 Å². The lowest BCUT2D eigenvalue weighted by Gasteiger charge is -2.27. The zero-order chi connectivity index (χ0) is 25.8. The maximum Gasteiger partial charge on any atom is 0.302 e. The first kappa shape index (κ1) is 25.5. The average Bonchev–Trinajstić information content (AvgIpc) is 3.25. The van der Waals surface area contributed by atoms with E-state index in [0.29, 0.717) is 38.9 Å². The summed E-state index contributed by atoms with van der Waals surface area (Å²) in [5, 5.41) is 17.7. The van der Waals surface area contributed by atoms with Crippen LogP contribution in [-0.4, -0.2) is 22.0 Å². The van der Waals surface area contributed by atoms with Crippen molar-refractivity contribution in [2.24, 2.45) is 4.99 Å². The Bertz CT molecular complexity index is 1390. The van der Waals surface area contributed by atoms with E-state index in [-0.39, 0.29) is 11.2 Å². The summed E-state index contributed by atoms with van der Waals surface area (Å²) in [6, 6.07) is 14.2. The first-order chi connectivity index (χ1) is 17.3. The van der Waals surface area contributed by atoms with Crippen molar-refractivity contribution in [3.63, 3.8) is 0 Å². The Morgan fingerprint density at radius 1 is 1.19 bits per heavy atom. The SMILES string of the molecule is CC/C(C)=C(\C)SC(=N)NC(=O)C1=C(C)NC(Nc2nc3ccccc3o2)=NC1c1ccccc1Cl. The number of amidine groups is 1. The molecule has 1 amide bonds. The topological polar surface area (TPSA) is 115 Å². The summed E-state index contributed by atoms with van der Waals surface area (Å²) in [7, 11) is 0. The zero-order valence-corrected chi connectivity index (χ0v) is 22.0. The molecule has 1 aromatic heterocycles. The Balaban J connectivity index is 1.63. The largest absolute Gasteiger partial charge is 0.423 e. The van der Waals surface area contributed by atoms with Gasteiger partial charge in [-0.15, -0.1) is 0 Å². The number of anilines is 1. The van der Waals surface area contributed by atoms with Gasteiger partial charge in [-0.25, -0.2) is 4.99 Å². The van der Waals surface area contributed by atoms with Crippen molar-refractivity contribution in [1.29, 1.82) is 5.41 Å². The highest BCUT2D eigenvalue weighted by atomic mass is 35.5. The Morgan fingerprint density at radius 2 is 1.92 bits per heavy atom. The van der Waals surface area contributed by atoms with E-state index in [2.05, 4.69) is 27.9 Å². The monoisotopic (exact) mass is 522 g/mol. The molecule has 2 aromatic carbocycles. The minimum atomic E-state index is -0.710. The third kappa shape index (κ3) is 5.63. The van der Waals surface area contributed by atoms with Gasteiger partial charge in [-0.05, 0) is 50.3 Å². The predicted octanol–water partition coefficient (Wildman–Crippen LogP) is 6.36. The van der Waals surface area contributed by atoms with Crippen LogP contribution < -0.4 is 16.0 Å². The number of fused-ring (bicyclic) bond motifs is 1. The number of para-hydroxylation sites is 2. The number of halogens is 1. The summed E-state index contributed by atoms with van der Waals surface area (Å²) in [4.78, 5) is 23.5. The molecule has 10 heteroatoms. The summed E-state index contributed by atoms with van der Waals surface area (Å²) >= 11 is 7.74. The van der Waals surface area contributed by atoms with Gasteiger partial charge in [0, 0.05) is 16.3 Å². The van der Waals surface area contributed by atoms with Crippen LogP contribution in [-0.2, 0) is 4.79 Å². The molecule has 1 aliphatic rings. The standard InChI is InChI=1S/C26H27ClN6O2S/c1-5-14(2)16(4)36-24(28)32-23(34)21-15(3)29-25(31-22(21)17-10-6-7-11-18(17)27)33-26-30-19-12-8-9-13-20(19)35-26/h6-13,22H,5H2,1-4H3,(H2,28,32,34)(H2,29,30,31,33)/b16-14+. The Hall–Kier alpha value is -3.56. The van der Waals surface area contributed by atoms with Crippen molar-refractivity contribution in [2.45, 2.75) is 40.2 Å². The molecule has 186 valence electrons. The van der Waals surface area contributed by atoms with E-state index >= 15 is 0 Å². The molecular formula is C26H27ClN6O2S. The Kier molecular flexibility index (Phi) is 7.81. The Morgan fingerprint density at radius 3 is 2.64 bits per heavy atom. The predicted molar refractivity (Wildman–Crippen MR) is 147 cm³/mol. The van der Waals surface area contributed by atoms with Crippen molar-refractivity contribution in [1.82, 2.24) is 15.6 Å². The lowest BCUT2D eigenvalue weighted by molar-refractivity contribution is -0.116. The summed E-state index contributed by atoms with van der Waals surface area (Å²) < 4.78 is 5.76. The van der Waals surface area contributed by atoms with E-state index in [9.17, 15) is 4.79 Å². The third-order valence-corrected chi connectivity index (χ3v) is 7.12. The fraction of sp³-hybridized carbons (Fsp3) is 0.231. The number of hydrogen-bond donors (Lipinski definition) is 4. The second kappa shape index (κ2) is 11.0. The normalized spacial score (nSPS) is 16.2. The van der Waals surface area contributed by atoms with Gasteiger partial charge in [-0.3, -0.25) is 15.5 Å². The van der Waals surface area contributed by atoms with Crippen LogP contribution in [0.2, 0.25) is 5.02 Å². The molecule has 4 N–H and O–H groups in total. The Labute approximate surface area is 218 Å². The molecule has 0 fully saturated rings.